The lowest BCUT2D eigenvalue weighted by atomic mass is 10.1. The van der Waals surface area contributed by atoms with Crippen molar-refractivity contribution in [1.29, 1.82) is 0 Å². The highest BCUT2D eigenvalue weighted by molar-refractivity contribution is 9.10. The van der Waals surface area contributed by atoms with Gasteiger partial charge in [-0.05, 0) is 28.9 Å². The Morgan fingerprint density at radius 1 is 1.53 bits per heavy atom. The minimum atomic E-state index is -4.20. The molecule has 1 heterocycles. The molecule has 1 rings (SSSR count). The fourth-order valence-electron chi connectivity index (χ4n) is 1.63. The maximum absolute atomic E-state index is 12.5. The maximum Gasteiger partial charge on any atom is 0.390 e. The van der Waals surface area contributed by atoms with Gasteiger partial charge in [-0.1, -0.05) is 6.92 Å². The second kappa shape index (κ2) is 5.86. The van der Waals surface area contributed by atoms with E-state index < -0.39 is 18.6 Å². The van der Waals surface area contributed by atoms with Gasteiger partial charge in [-0.3, -0.25) is 4.68 Å². The summed E-state index contributed by atoms with van der Waals surface area (Å²) in [7, 11) is 1.64. The molecular weight excluding hydrogens is 299 g/mol. The third-order valence-electron chi connectivity index (χ3n) is 2.34. The first kappa shape index (κ1) is 14.5. The number of aromatic nitrogens is 2. The molecule has 0 fully saturated rings. The summed E-state index contributed by atoms with van der Waals surface area (Å²) < 4.78 is 39.6. The number of nitrogens with one attached hydrogen (secondary N) is 1. The Hall–Kier alpha value is -0.560. The van der Waals surface area contributed by atoms with Crippen molar-refractivity contribution in [2.75, 3.05) is 6.54 Å². The van der Waals surface area contributed by atoms with Crippen molar-refractivity contribution in [2.24, 2.45) is 7.05 Å². The van der Waals surface area contributed by atoms with Gasteiger partial charge < -0.3 is 5.32 Å². The molecule has 0 saturated heterocycles. The molecule has 0 saturated carbocycles. The third-order valence-corrected chi connectivity index (χ3v) is 2.95. The van der Waals surface area contributed by atoms with Gasteiger partial charge in [0.05, 0.1) is 28.8 Å². The highest BCUT2D eigenvalue weighted by Crippen LogP contribution is 2.32. The van der Waals surface area contributed by atoms with Crippen LogP contribution in [0.2, 0.25) is 0 Å². The summed E-state index contributed by atoms with van der Waals surface area (Å²) in [6.45, 7) is 2.45. The maximum atomic E-state index is 12.5. The van der Waals surface area contributed by atoms with Gasteiger partial charge in [0.25, 0.3) is 0 Å². The van der Waals surface area contributed by atoms with Crippen LogP contribution in [0.1, 0.15) is 31.5 Å². The summed E-state index contributed by atoms with van der Waals surface area (Å²) in [5.74, 6) is 0. The molecule has 1 unspecified atom stereocenters. The van der Waals surface area contributed by atoms with E-state index >= 15 is 0 Å². The van der Waals surface area contributed by atoms with E-state index in [0.29, 0.717) is 16.7 Å². The summed E-state index contributed by atoms with van der Waals surface area (Å²) in [5, 5.41) is 6.84. The second-order valence-electron chi connectivity index (χ2n) is 3.83. The molecule has 1 atom stereocenters. The van der Waals surface area contributed by atoms with Gasteiger partial charge in [0, 0.05) is 7.05 Å². The van der Waals surface area contributed by atoms with Crippen molar-refractivity contribution in [1.82, 2.24) is 15.1 Å². The van der Waals surface area contributed by atoms with Crippen molar-refractivity contribution in [3.63, 3.8) is 0 Å². The van der Waals surface area contributed by atoms with E-state index in [1.807, 2.05) is 6.92 Å². The molecule has 3 nitrogen and oxygen atoms in total. The van der Waals surface area contributed by atoms with Gasteiger partial charge in [-0.15, -0.1) is 0 Å². The molecule has 0 bridgehead atoms. The first-order valence-corrected chi connectivity index (χ1v) is 6.12. The molecule has 0 aliphatic carbocycles. The fourth-order valence-corrected chi connectivity index (χ4v) is 2.25. The van der Waals surface area contributed by atoms with E-state index in [1.54, 1.807) is 7.05 Å². The Balaban J connectivity index is 2.90. The molecule has 0 aliphatic heterocycles. The van der Waals surface area contributed by atoms with Crippen molar-refractivity contribution in [2.45, 2.75) is 32.0 Å². The van der Waals surface area contributed by atoms with E-state index in [9.17, 15) is 13.2 Å². The number of hydrogen-bond donors (Lipinski definition) is 1. The van der Waals surface area contributed by atoms with E-state index in [-0.39, 0.29) is 0 Å². The van der Waals surface area contributed by atoms with Crippen LogP contribution in [0.4, 0.5) is 13.2 Å². The SMILES string of the molecule is CCCNC(CC(F)(F)F)c1c(Br)cnn1C. The number of aryl methyl sites for hydroxylation is 1. The normalized spacial score (nSPS) is 14.0. The lowest BCUT2D eigenvalue weighted by Gasteiger charge is -2.20. The predicted molar refractivity (Wildman–Crippen MR) is 62.6 cm³/mol. The monoisotopic (exact) mass is 313 g/mol. The summed E-state index contributed by atoms with van der Waals surface area (Å²) in [6, 6.07) is -0.767. The highest BCUT2D eigenvalue weighted by Gasteiger charge is 2.34. The van der Waals surface area contributed by atoms with Crippen LogP contribution in [-0.2, 0) is 7.05 Å². The Morgan fingerprint density at radius 3 is 2.59 bits per heavy atom. The molecule has 0 aromatic carbocycles. The molecule has 98 valence electrons. The zero-order chi connectivity index (χ0) is 13.1. The van der Waals surface area contributed by atoms with Gasteiger partial charge in [-0.25, -0.2) is 0 Å². The first-order chi connectivity index (χ1) is 7.85. The quantitative estimate of drug-likeness (QED) is 0.905. The average molecular weight is 314 g/mol. The van der Waals surface area contributed by atoms with Gasteiger partial charge in [0.1, 0.15) is 0 Å². The lowest BCUT2D eigenvalue weighted by molar-refractivity contribution is -0.140. The van der Waals surface area contributed by atoms with E-state index in [4.69, 9.17) is 0 Å². The zero-order valence-electron chi connectivity index (χ0n) is 9.68. The summed E-state index contributed by atoms with van der Waals surface area (Å²) in [4.78, 5) is 0. The number of halogens is 4. The summed E-state index contributed by atoms with van der Waals surface area (Å²) >= 11 is 3.23. The fraction of sp³-hybridized carbons (Fsp3) is 0.700. The van der Waals surface area contributed by atoms with Gasteiger partial charge >= 0.3 is 6.18 Å². The molecule has 0 aliphatic rings. The molecule has 7 heteroatoms. The topological polar surface area (TPSA) is 29.9 Å². The van der Waals surface area contributed by atoms with Crippen LogP contribution in [0.5, 0.6) is 0 Å². The van der Waals surface area contributed by atoms with Crippen LogP contribution in [0.25, 0.3) is 0 Å². The Morgan fingerprint density at radius 2 is 2.18 bits per heavy atom. The molecule has 17 heavy (non-hydrogen) atoms. The van der Waals surface area contributed by atoms with Gasteiger partial charge in [-0.2, -0.15) is 18.3 Å². The van der Waals surface area contributed by atoms with Crippen LogP contribution in [0.15, 0.2) is 10.7 Å². The number of rotatable bonds is 5. The highest BCUT2D eigenvalue weighted by atomic mass is 79.9. The van der Waals surface area contributed by atoms with Crippen LogP contribution in [0, 0.1) is 0 Å². The Labute approximate surface area is 107 Å². The molecule has 1 aromatic rings. The summed E-state index contributed by atoms with van der Waals surface area (Å²) in [6.07, 6.45) is -2.81. The minimum absolute atomic E-state index is 0.524. The average Bonchev–Trinajstić information content (AvgIpc) is 2.52. The summed E-state index contributed by atoms with van der Waals surface area (Å²) in [5.41, 5.74) is 0.524. The molecule has 0 spiro atoms. The van der Waals surface area contributed by atoms with E-state index in [1.165, 1.54) is 10.9 Å². The molecule has 0 radical (unpaired) electrons. The Kier molecular flexibility index (Phi) is 5.00. The van der Waals surface area contributed by atoms with E-state index in [2.05, 4.69) is 26.3 Å². The smallest absolute Gasteiger partial charge is 0.308 e. The standard InChI is InChI=1S/C10H15BrF3N3/c1-3-4-15-8(5-10(12,13)14)9-7(11)6-16-17(9)2/h6,8,15H,3-5H2,1-2H3. The molecule has 1 N–H and O–H groups in total. The molecular formula is C10H15BrF3N3. The van der Waals surface area contributed by atoms with Gasteiger partial charge in [0.15, 0.2) is 0 Å². The van der Waals surface area contributed by atoms with Crippen LogP contribution >= 0.6 is 15.9 Å². The van der Waals surface area contributed by atoms with Crippen molar-refractivity contribution in [3.05, 3.63) is 16.4 Å². The lowest BCUT2D eigenvalue weighted by Crippen LogP contribution is -2.29. The predicted octanol–water partition coefficient (Wildman–Crippen LogP) is 3.18. The van der Waals surface area contributed by atoms with Crippen molar-refractivity contribution < 1.29 is 13.2 Å². The Bertz CT molecular complexity index is 343. The first-order valence-electron chi connectivity index (χ1n) is 5.32. The van der Waals surface area contributed by atoms with Crippen LogP contribution in [0.3, 0.4) is 0 Å². The van der Waals surface area contributed by atoms with Crippen molar-refractivity contribution in [3.8, 4) is 0 Å². The number of nitrogens with zero attached hydrogens (tertiary/aromatic N) is 2. The zero-order valence-corrected chi connectivity index (χ0v) is 11.3. The second-order valence-corrected chi connectivity index (χ2v) is 4.68. The van der Waals surface area contributed by atoms with Crippen molar-refractivity contribution >= 4 is 15.9 Å². The number of alkyl halides is 3. The van der Waals surface area contributed by atoms with E-state index in [0.717, 1.165) is 6.42 Å². The minimum Gasteiger partial charge on any atom is -0.308 e. The molecule has 0 amide bonds. The largest absolute Gasteiger partial charge is 0.390 e. The third kappa shape index (κ3) is 4.31. The van der Waals surface area contributed by atoms with Crippen LogP contribution in [-0.4, -0.2) is 22.5 Å². The number of hydrogen-bond acceptors (Lipinski definition) is 2. The van der Waals surface area contributed by atoms with Gasteiger partial charge in [0.2, 0.25) is 0 Å². The van der Waals surface area contributed by atoms with Crippen LogP contribution < -0.4 is 5.32 Å². The molecule has 1 aromatic heterocycles.